The first-order valence-corrected chi connectivity index (χ1v) is 18.1. The Morgan fingerprint density at radius 1 is 1.02 bits per heavy atom. The van der Waals surface area contributed by atoms with E-state index in [2.05, 4.69) is 15.2 Å². The summed E-state index contributed by atoms with van der Waals surface area (Å²) < 4.78 is 12.5. The number of carboxylic acid groups (broad SMARTS) is 1. The summed E-state index contributed by atoms with van der Waals surface area (Å²) in [7, 11) is 1.63. The summed E-state index contributed by atoms with van der Waals surface area (Å²) >= 11 is 14.2. The van der Waals surface area contributed by atoms with E-state index in [4.69, 9.17) is 37.7 Å². The van der Waals surface area contributed by atoms with Gasteiger partial charge in [0, 0.05) is 84.3 Å². The monoisotopic (exact) mass is 754 g/mol. The zero-order valence-electron chi connectivity index (χ0n) is 28.8. The third kappa shape index (κ3) is 6.72. The number of hydrogen-bond donors (Lipinski definition) is 2. The summed E-state index contributed by atoms with van der Waals surface area (Å²) in [6.45, 7) is 4.37. The van der Waals surface area contributed by atoms with Crippen molar-refractivity contribution in [2.24, 2.45) is 5.41 Å². The first-order valence-electron chi connectivity index (χ1n) is 17.3. The number of aromatic nitrogens is 3. The maximum absolute atomic E-state index is 13.4. The molecule has 12 nitrogen and oxygen atoms in total. The van der Waals surface area contributed by atoms with Gasteiger partial charge in [0.15, 0.2) is 0 Å². The Bertz CT molecular complexity index is 2320. The van der Waals surface area contributed by atoms with E-state index in [0.29, 0.717) is 51.1 Å². The Morgan fingerprint density at radius 3 is 2.40 bits per heavy atom. The summed E-state index contributed by atoms with van der Waals surface area (Å²) in [5, 5.41) is 13.5. The number of ether oxygens (including phenoxy) is 2. The number of fused-ring (bicyclic) bond motifs is 1. The Labute approximate surface area is 314 Å². The van der Waals surface area contributed by atoms with Crippen molar-refractivity contribution in [1.29, 1.82) is 0 Å². The lowest BCUT2D eigenvalue weighted by molar-refractivity contribution is -0.191. The average Bonchev–Trinajstić information content (AvgIpc) is 3.54. The number of likely N-dealkylation sites (tertiary alicyclic amines) is 1. The summed E-state index contributed by atoms with van der Waals surface area (Å²) in [4.78, 5) is 49.9. The van der Waals surface area contributed by atoms with Crippen molar-refractivity contribution in [3.63, 3.8) is 0 Å². The summed E-state index contributed by atoms with van der Waals surface area (Å²) in [5.74, 6) is 0.449. The molecule has 0 bridgehead atoms. The van der Waals surface area contributed by atoms with Crippen LogP contribution in [0.5, 0.6) is 5.88 Å². The van der Waals surface area contributed by atoms with E-state index < -0.39 is 6.09 Å². The summed E-state index contributed by atoms with van der Waals surface area (Å²) in [6.07, 6.45) is 2.71. The highest BCUT2D eigenvalue weighted by atomic mass is 35.5. The van der Waals surface area contributed by atoms with Gasteiger partial charge in [-0.15, -0.1) is 0 Å². The van der Waals surface area contributed by atoms with E-state index in [9.17, 15) is 19.5 Å². The minimum atomic E-state index is -1.18. The molecule has 2 amide bonds. The van der Waals surface area contributed by atoms with Gasteiger partial charge in [-0.05, 0) is 30.2 Å². The number of rotatable bonds is 10. The maximum Gasteiger partial charge on any atom is 0.407 e. The van der Waals surface area contributed by atoms with Crippen molar-refractivity contribution in [1.82, 2.24) is 29.5 Å². The molecule has 3 aromatic heterocycles. The Morgan fingerprint density at radius 2 is 1.74 bits per heavy atom. The van der Waals surface area contributed by atoms with Crippen LogP contribution in [0, 0.1) is 5.41 Å². The molecule has 1 spiro atoms. The number of amides is 2. The molecule has 14 heteroatoms. The molecule has 2 aromatic carbocycles. The van der Waals surface area contributed by atoms with Crippen LogP contribution in [-0.2, 0) is 22.6 Å². The fourth-order valence-electron chi connectivity index (χ4n) is 7.53. The molecular formula is C39H36Cl2N6O6. The zero-order chi connectivity index (χ0) is 36.9. The van der Waals surface area contributed by atoms with Crippen LogP contribution in [0.4, 0.5) is 4.79 Å². The van der Waals surface area contributed by atoms with Crippen molar-refractivity contribution >= 4 is 40.8 Å². The second kappa shape index (κ2) is 14.1. The van der Waals surface area contributed by atoms with Crippen molar-refractivity contribution in [3.05, 3.63) is 105 Å². The van der Waals surface area contributed by atoms with Gasteiger partial charge in [-0.25, -0.2) is 14.8 Å². The van der Waals surface area contributed by atoms with Crippen molar-refractivity contribution in [2.75, 3.05) is 40.0 Å². The largest absolute Gasteiger partial charge is 0.481 e. The van der Waals surface area contributed by atoms with E-state index in [0.717, 1.165) is 65.6 Å². The molecule has 272 valence electrons. The maximum atomic E-state index is 13.4. The number of halogens is 2. The smallest absolute Gasteiger partial charge is 0.407 e. The SMILES string of the molecule is COc1nc(-c2cccc(-c3cccc(-c4ccn5c(=O)c(CN(C[C@@H]6CCC(=O)N6)C(=O)O)cnc5c4)c3Cl)c2Cl)ccc1CN1CC2(COC2)C1. The number of carbonyl (C=O) groups is 2. The van der Waals surface area contributed by atoms with Crippen LogP contribution in [0.1, 0.15) is 24.0 Å². The standard InChI is InChI=1S/C39H36Cl2N6O6/c1-52-36-24(16-45-19-39(20-45)21-53-22-39)8-10-31(44-36)30-7-3-6-29(35(30)41)28-5-2-4-27(34(28)40)23-12-13-47-32(14-23)42-15-25(37(47)49)17-46(38(50)51)18-26-9-11-33(48)43-26/h2-8,10,12-15,26H,9,11,16-22H2,1H3,(H,43,48)(H,50,51)/t26-/m0/s1. The lowest BCUT2D eigenvalue weighted by Crippen LogP contribution is -2.65. The number of carbonyl (C=O) groups excluding carboxylic acids is 1. The van der Waals surface area contributed by atoms with Crippen LogP contribution < -0.4 is 15.6 Å². The molecule has 0 saturated carbocycles. The van der Waals surface area contributed by atoms with Crippen LogP contribution in [-0.4, -0.2) is 87.3 Å². The number of nitrogens with zero attached hydrogens (tertiary/aromatic N) is 5. The fraction of sp³-hybridized carbons (Fsp3) is 0.308. The molecule has 53 heavy (non-hydrogen) atoms. The fourth-order valence-corrected chi connectivity index (χ4v) is 8.19. The van der Waals surface area contributed by atoms with E-state index in [1.54, 1.807) is 25.4 Å². The van der Waals surface area contributed by atoms with Gasteiger partial charge < -0.3 is 24.8 Å². The third-order valence-corrected chi connectivity index (χ3v) is 11.1. The zero-order valence-corrected chi connectivity index (χ0v) is 30.4. The predicted octanol–water partition coefficient (Wildman–Crippen LogP) is 6.00. The van der Waals surface area contributed by atoms with Crippen LogP contribution in [0.3, 0.4) is 0 Å². The van der Waals surface area contributed by atoms with Crippen molar-refractivity contribution in [2.45, 2.75) is 32.0 Å². The van der Waals surface area contributed by atoms with Gasteiger partial charge in [-0.2, -0.15) is 0 Å². The number of nitrogens with one attached hydrogen (secondary N) is 1. The van der Waals surface area contributed by atoms with E-state index in [1.807, 2.05) is 48.5 Å². The molecule has 8 rings (SSSR count). The Hall–Kier alpha value is -5.01. The molecule has 3 fully saturated rings. The van der Waals surface area contributed by atoms with Gasteiger partial charge in [-0.3, -0.25) is 18.9 Å². The highest BCUT2D eigenvalue weighted by molar-refractivity contribution is 6.39. The molecule has 3 aliphatic heterocycles. The summed E-state index contributed by atoms with van der Waals surface area (Å²) in [5.41, 5.74) is 5.85. The summed E-state index contributed by atoms with van der Waals surface area (Å²) in [6, 6.07) is 18.7. The highest BCUT2D eigenvalue weighted by Crippen LogP contribution is 2.43. The number of benzene rings is 2. The predicted molar refractivity (Wildman–Crippen MR) is 200 cm³/mol. The molecule has 0 radical (unpaired) electrons. The average molecular weight is 756 g/mol. The van der Waals surface area contributed by atoms with Crippen molar-refractivity contribution < 1.29 is 24.2 Å². The lowest BCUT2D eigenvalue weighted by Gasteiger charge is -2.55. The Balaban J connectivity index is 1.04. The molecule has 6 heterocycles. The number of pyridine rings is 2. The molecular weight excluding hydrogens is 719 g/mol. The van der Waals surface area contributed by atoms with Crippen molar-refractivity contribution in [3.8, 4) is 39.4 Å². The first kappa shape index (κ1) is 35.0. The Kier molecular flexibility index (Phi) is 9.32. The van der Waals surface area contributed by atoms with Crippen LogP contribution in [0.2, 0.25) is 10.0 Å². The topological polar surface area (TPSA) is 139 Å². The molecule has 1 atom stereocenters. The number of methoxy groups -OCH3 is 1. The molecule has 0 unspecified atom stereocenters. The molecule has 5 aromatic rings. The third-order valence-electron chi connectivity index (χ3n) is 10.3. The first-order chi connectivity index (χ1) is 25.6. The lowest BCUT2D eigenvalue weighted by atomic mass is 9.78. The molecule has 0 aliphatic carbocycles. The molecule has 3 saturated heterocycles. The second-order valence-electron chi connectivity index (χ2n) is 14.0. The van der Waals surface area contributed by atoms with E-state index >= 15 is 0 Å². The van der Waals surface area contributed by atoms with E-state index in [-0.39, 0.29) is 36.2 Å². The minimum absolute atomic E-state index is 0.0804. The van der Waals surface area contributed by atoms with Gasteiger partial charge >= 0.3 is 6.09 Å². The second-order valence-corrected chi connectivity index (χ2v) is 14.8. The minimum Gasteiger partial charge on any atom is -0.481 e. The van der Waals surface area contributed by atoms with E-state index in [1.165, 1.54) is 10.6 Å². The van der Waals surface area contributed by atoms with Crippen LogP contribution in [0.25, 0.3) is 39.2 Å². The van der Waals surface area contributed by atoms with Gasteiger partial charge in [0.25, 0.3) is 5.56 Å². The normalized spacial score (nSPS) is 17.7. The van der Waals surface area contributed by atoms with Crippen LogP contribution in [0.15, 0.2) is 77.9 Å². The highest BCUT2D eigenvalue weighted by Gasteiger charge is 2.48. The number of hydrogen-bond acceptors (Lipinski definition) is 8. The van der Waals surface area contributed by atoms with Gasteiger partial charge in [0.2, 0.25) is 11.8 Å². The van der Waals surface area contributed by atoms with Gasteiger partial charge in [-0.1, -0.05) is 65.7 Å². The molecule has 3 aliphatic rings. The quantitative estimate of drug-likeness (QED) is 0.176. The molecule has 2 N–H and O–H groups in total. The van der Waals surface area contributed by atoms with Crippen LogP contribution >= 0.6 is 23.2 Å². The van der Waals surface area contributed by atoms with Gasteiger partial charge in [0.05, 0.1) is 48.2 Å². The van der Waals surface area contributed by atoms with Gasteiger partial charge in [0.1, 0.15) is 5.65 Å².